The number of hydrogen-bond acceptors (Lipinski definition) is 3. The summed E-state index contributed by atoms with van der Waals surface area (Å²) < 4.78 is 0. The molecule has 1 aliphatic carbocycles. The topological polar surface area (TPSA) is 64.6 Å². The molecule has 22 heavy (non-hydrogen) atoms. The molecule has 0 spiro atoms. The van der Waals surface area contributed by atoms with Gasteiger partial charge in [-0.3, -0.25) is 0 Å². The largest absolute Gasteiger partial charge is 0.396 e. The molecule has 2 rings (SSSR count). The highest BCUT2D eigenvalue weighted by Gasteiger charge is 2.36. The first kappa shape index (κ1) is 17.5. The molecule has 0 radical (unpaired) electrons. The van der Waals surface area contributed by atoms with E-state index in [1.807, 2.05) is 0 Å². The number of likely N-dealkylation sites (tertiary alicyclic amines) is 1. The normalized spacial score (nSPS) is 26.0. The average Bonchev–Trinajstić information content (AvgIpc) is 2.41. The Labute approximate surface area is 134 Å². The van der Waals surface area contributed by atoms with Gasteiger partial charge in [-0.2, -0.15) is 0 Å². The lowest BCUT2D eigenvalue weighted by molar-refractivity contribution is 0.0881. The second kappa shape index (κ2) is 8.16. The van der Waals surface area contributed by atoms with Crippen LogP contribution < -0.4 is 10.6 Å². The molecule has 2 aliphatic rings. The fourth-order valence-electron chi connectivity index (χ4n) is 3.86. The number of carbonyl (C=O) groups excluding carboxylic acids is 1. The van der Waals surface area contributed by atoms with Gasteiger partial charge in [0.25, 0.3) is 0 Å². The standard InChI is InChI=1S/C17H33N3O2/c1-14-5-3-9-20(11-14)12-15(2)19-16(22)18-13-17(8-10-21)6-4-7-17/h14-15,21H,3-13H2,1-2H3,(H2,18,19,22). The van der Waals surface area contributed by atoms with Crippen LogP contribution in [-0.4, -0.2) is 54.9 Å². The maximum Gasteiger partial charge on any atom is 0.315 e. The number of aliphatic hydroxyl groups excluding tert-OH is 1. The monoisotopic (exact) mass is 311 g/mol. The van der Waals surface area contributed by atoms with Crippen LogP contribution in [0.3, 0.4) is 0 Å². The van der Waals surface area contributed by atoms with Crippen LogP contribution in [0, 0.1) is 11.3 Å². The van der Waals surface area contributed by atoms with E-state index in [1.165, 1.54) is 19.3 Å². The summed E-state index contributed by atoms with van der Waals surface area (Å²) in [6, 6.07) is 0.0993. The van der Waals surface area contributed by atoms with Gasteiger partial charge in [0.2, 0.25) is 0 Å². The Bertz CT molecular complexity index is 358. The average molecular weight is 311 g/mol. The van der Waals surface area contributed by atoms with Gasteiger partial charge in [-0.05, 0) is 56.9 Å². The van der Waals surface area contributed by atoms with Gasteiger partial charge in [0.15, 0.2) is 0 Å². The van der Waals surface area contributed by atoms with Gasteiger partial charge in [-0.1, -0.05) is 13.3 Å². The number of piperidine rings is 1. The first-order valence-electron chi connectivity index (χ1n) is 8.90. The lowest BCUT2D eigenvalue weighted by Crippen LogP contribution is -2.50. The van der Waals surface area contributed by atoms with Gasteiger partial charge in [-0.25, -0.2) is 4.79 Å². The van der Waals surface area contributed by atoms with E-state index in [-0.39, 0.29) is 24.1 Å². The zero-order valence-corrected chi connectivity index (χ0v) is 14.2. The summed E-state index contributed by atoms with van der Waals surface area (Å²) in [5.74, 6) is 0.770. The molecule has 0 aromatic heterocycles. The zero-order chi connectivity index (χ0) is 16.0. The van der Waals surface area contributed by atoms with E-state index in [1.54, 1.807) is 0 Å². The summed E-state index contributed by atoms with van der Waals surface area (Å²) in [7, 11) is 0. The fourth-order valence-corrected chi connectivity index (χ4v) is 3.86. The minimum atomic E-state index is -0.0678. The Morgan fingerprint density at radius 2 is 2.18 bits per heavy atom. The van der Waals surface area contributed by atoms with Crippen molar-refractivity contribution in [3.8, 4) is 0 Å². The molecule has 128 valence electrons. The zero-order valence-electron chi connectivity index (χ0n) is 14.2. The third-order valence-electron chi connectivity index (χ3n) is 5.33. The number of hydrogen-bond donors (Lipinski definition) is 3. The molecule has 5 nitrogen and oxygen atoms in total. The van der Waals surface area contributed by atoms with Crippen molar-refractivity contribution in [3.63, 3.8) is 0 Å². The Morgan fingerprint density at radius 3 is 2.77 bits per heavy atom. The highest BCUT2D eigenvalue weighted by molar-refractivity contribution is 5.74. The number of amides is 2. The number of nitrogens with one attached hydrogen (secondary N) is 2. The van der Waals surface area contributed by atoms with Gasteiger partial charge < -0.3 is 20.6 Å². The number of carbonyl (C=O) groups is 1. The minimum Gasteiger partial charge on any atom is -0.396 e. The van der Waals surface area contributed by atoms with E-state index in [0.717, 1.165) is 44.8 Å². The van der Waals surface area contributed by atoms with Crippen LogP contribution in [0.15, 0.2) is 0 Å². The van der Waals surface area contributed by atoms with Crippen LogP contribution in [0.5, 0.6) is 0 Å². The van der Waals surface area contributed by atoms with Crippen molar-refractivity contribution in [1.82, 2.24) is 15.5 Å². The second-order valence-electron chi connectivity index (χ2n) is 7.56. The van der Waals surface area contributed by atoms with Crippen molar-refractivity contribution in [2.45, 2.75) is 58.4 Å². The van der Waals surface area contributed by atoms with Gasteiger partial charge in [-0.15, -0.1) is 0 Å². The van der Waals surface area contributed by atoms with Crippen LogP contribution in [0.25, 0.3) is 0 Å². The van der Waals surface area contributed by atoms with Crippen LogP contribution in [0.4, 0.5) is 4.79 Å². The van der Waals surface area contributed by atoms with Crippen molar-refractivity contribution in [2.75, 3.05) is 32.8 Å². The minimum absolute atomic E-state index is 0.0678. The molecule has 2 amide bonds. The van der Waals surface area contributed by atoms with Crippen molar-refractivity contribution in [3.05, 3.63) is 0 Å². The van der Waals surface area contributed by atoms with E-state index < -0.39 is 0 Å². The molecule has 2 unspecified atom stereocenters. The Balaban J connectivity index is 1.65. The molecule has 0 aromatic carbocycles. The van der Waals surface area contributed by atoms with E-state index in [2.05, 4.69) is 29.4 Å². The van der Waals surface area contributed by atoms with Gasteiger partial charge >= 0.3 is 6.03 Å². The summed E-state index contributed by atoms with van der Waals surface area (Å²) in [6.07, 6.45) is 6.85. The van der Waals surface area contributed by atoms with E-state index >= 15 is 0 Å². The lowest BCUT2D eigenvalue weighted by atomic mass is 9.67. The number of nitrogens with zero attached hydrogens (tertiary/aromatic N) is 1. The third kappa shape index (κ3) is 5.13. The molecule has 2 atom stereocenters. The molecule has 1 saturated carbocycles. The first-order chi connectivity index (χ1) is 10.5. The molecule has 1 saturated heterocycles. The first-order valence-corrected chi connectivity index (χ1v) is 8.90. The summed E-state index contributed by atoms with van der Waals surface area (Å²) >= 11 is 0. The molecule has 3 N–H and O–H groups in total. The second-order valence-corrected chi connectivity index (χ2v) is 7.56. The molecular weight excluding hydrogens is 278 g/mol. The Morgan fingerprint density at radius 1 is 1.41 bits per heavy atom. The summed E-state index contributed by atoms with van der Waals surface area (Å²) in [6.45, 7) is 8.51. The van der Waals surface area contributed by atoms with E-state index in [4.69, 9.17) is 5.11 Å². The molecule has 0 bridgehead atoms. The number of urea groups is 1. The van der Waals surface area contributed by atoms with Crippen LogP contribution in [0.2, 0.25) is 0 Å². The Hall–Kier alpha value is -0.810. The fraction of sp³-hybridized carbons (Fsp3) is 0.941. The maximum absolute atomic E-state index is 12.0. The Kier molecular flexibility index (Phi) is 6.50. The highest BCUT2D eigenvalue weighted by Crippen LogP contribution is 2.43. The van der Waals surface area contributed by atoms with Crippen molar-refractivity contribution >= 4 is 6.03 Å². The molecule has 1 aliphatic heterocycles. The van der Waals surface area contributed by atoms with Crippen molar-refractivity contribution in [2.24, 2.45) is 11.3 Å². The van der Waals surface area contributed by atoms with Gasteiger partial charge in [0.05, 0.1) is 0 Å². The highest BCUT2D eigenvalue weighted by atomic mass is 16.3. The van der Waals surface area contributed by atoms with Gasteiger partial charge in [0.1, 0.15) is 0 Å². The molecule has 2 fully saturated rings. The SMILES string of the molecule is CC1CCCN(CC(C)NC(=O)NCC2(CCO)CCC2)C1. The molecular formula is C17H33N3O2. The third-order valence-corrected chi connectivity index (χ3v) is 5.33. The van der Waals surface area contributed by atoms with Crippen LogP contribution in [-0.2, 0) is 0 Å². The number of rotatable bonds is 7. The van der Waals surface area contributed by atoms with Crippen LogP contribution in [0.1, 0.15) is 52.4 Å². The predicted octanol–water partition coefficient (Wildman–Crippen LogP) is 1.96. The summed E-state index contributed by atoms with van der Waals surface area (Å²) in [4.78, 5) is 14.5. The molecule has 0 aromatic rings. The summed E-state index contributed by atoms with van der Waals surface area (Å²) in [5, 5.41) is 15.2. The van der Waals surface area contributed by atoms with Crippen molar-refractivity contribution in [1.29, 1.82) is 0 Å². The smallest absolute Gasteiger partial charge is 0.315 e. The van der Waals surface area contributed by atoms with Crippen molar-refractivity contribution < 1.29 is 9.90 Å². The molecule has 1 heterocycles. The maximum atomic E-state index is 12.0. The van der Waals surface area contributed by atoms with E-state index in [0.29, 0.717) is 6.54 Å². The summed E-state index contributed by atoms with van der Waals surface area (Å²) in [5.41, 5.74) is 0.150. The number of aliphatic hydroxyl groups is 1. The lowest BCUT2D eigenvalue weighted by Gasteiger charge is -2.41. The van der Waals surface area contributed by atoms with Gasteiger partial charge in [0, 0.05) is 32.3 Å². The van der Waals surface area contributed by atoms with E-state index in [9.17, 15) is 4.79 Å². The molecule has 5 heteroatoms. The predicted molar refractivity (Wildman–Crippen MR) is 88.8 cm³/mol. The quantitative estimate of drug-likeness (QED) is 0.673. The van der Waals surface area contributed by atoms with Crippen LogP contribution >= 0.6 is 0 Å².